The normalized spacial score (nSPS) is 11.4. The highest BCUT2D eigenvalue weighted by molar-refractivity contribution is 6.32. The molecule has 3 rings (SSSR count). The molecule has 0 aliphatic rings. The number of nitrogens with one attached hydrogen (secondary N) is 2. The van der Waals surface area contributed by atoms with Gasteiger partial charge >= 0.3 is 6.18 Å². The number of aryl methyl sites for hydroxylation is 1. The van der Waals surface area contributed by atoms with E-state index in [0.717, 1.165) is 23.8 Å². The second-order valence-electron chi connectivity index (χ2n) is 7.69. The first-order valence-corrected chi connectivity index (χ1v) is 11.3. The van der Waals surface area contributed by atoms with Gasteiger partial charge in [0.15, 0.2) is 6.61 Å². The van der Waals surface area contributed by atoms with Crippen LogP contribution in [-0.4, -0.2) is 18.4 Å². The average molecular weight is 548 g/mol. The van der Waals surface area contributed by atoms with Gasteiger partial charge in [0.2, 0.25) is 0 Å². The molecule has 190 valence electrons. The third-order valence-corrected chi connectivity index (χ3v) is 5.60. The highest BCUT2D eigenvalue weighted by Gasteiger charge is 2.30. The number of amides is 2. The smallest absolute Gasteiger partial charge is 0.416 e. The van der Waals surface area contributed by atoms with E-state index < -0.39 is 23.6 Å². The molecule has 0 bridgehead atoms. The van der Waals surface area contributed by atoms with Crippen LogP contribution in [0.15, 0.2) is 66.2 Å². The van der Waals surface area contributed by atoms with Crippen molar-refractivity contribution in [2.45, 2.75) is 13.1 Å². The molecule has 2 N–H and O–H groups in total. The largest absolute Gasteiger partial charge is 0.482 e. The SMILES string of the molecule is Cc1ccc(NC(=O)COc2ccc(/C=C(\C#N)C(=O)Nc3cccc(C(F)(F)F)c3)cc2Cl)cc1Cl. The Hall–Kier alpha value is -4.00. The lowest BCUT2D eigenvalue weighted by molar-refractivity contribution is -0.137. The van der Waals surface area contributed by atoms with Gasteiger partial charge in [-0.25, -0.2) is 0 Å². The van der Waals surface area contributed by atoms with Gasteiger partial charge in [-0.15, -0.1) is 0 Å². The Morgan fingerprint density at radius 1 is 1.00 bits per heavy atom. The van der Waals surface area contributed by atoms with Crippen LogP contribution in [-0.2, 0) is 15.8 Å². The molecule has 3 aromatic carbocycles. The van der Waals surface area contributed by atoms with Gasteiger partial charge in [0.25, 0.3) is 11.8 Å². The molecule has 0 fully saturated rings. The molecular weight excluding hydrogens is 530 g/mol. The summed E-state index contributed by atoms with van der Waals surface area (Å²) in [5.74, 6) is -1.16. The number of carbonyl (C=O) groups is 2. The Morgan fingerprint density at radius 2 is 1.73 bits per heavy atom. The number of halogens is 5. The standard InChI is InChI=1S/C26H18Cl2F3N3O3/c1-15-5-7-20(12-21(15)27)33-24(35)14-37-23-8-6-16(10-22(23)28)9-17(13-32)25(36)34-19-4-2-3-18(11-19)26(29,30)31/h2-12H,14H2,1H3,(H,33,35)(H,34,36)/b17-9+. The summed E-state index contributed by atoms with van der Waals surface area (Å²) in [5.41, 5.74) is 0.304. The number of nitriles is 1. The number of benzene rings is 3. The van der Waals surface area contributed by atoms with E-state index in [2.05, 4.69) is 10.6 Å². The van der Waals surface area contributed by atoms with Gasteiger partial charge in [-0.1, -0.05) is 41.4 Å². The molecule has 11 heteroatoms. The monoisotopic (exact) mass is 547 g/mol. The van der Waals surface area contributed by atoms with Crippen LogP contribution in [0.1, 0.15) is 16.7 Å². The Labute approximate surface area is 220 Å². The van der Waals surface area contributed by atoms with Gasteiger partial charge in [-0.05, 0) is 66.6 Å². The number of alkyl halides is 3. The van der Waals surface area contributed by atoms with Gasteiger partial charge in [0, 0.05) is 16.4 Å². The van der Waals surface area contributed by atoms with Crippen LogP contribution in [0.2, 0.25) is 10.0 Å². The maximum absolute atomic E-state index is 12.9. The number of anilines is 2. The fourth-order valence-corrected chi connectivity index (χ4v) is 3.45. The van der Waals surface area contributed by atoms with Gasteiger partial charge in [0.1, 0.15) is 17.4 Å². The van der Waals surface area contributed by atoms with Crippen molar-refractivity contribution in [3.63, 3.8) is 0 Å². The zero-order valence-corrected chi connectivity index (χ0v) is 20.6. The van der Waals surface area contributed by atoms with Crippen LogP contribution in [0.25, 0.3) is 6.08 Å². The molecule has 0 heterocycles. The molecule has 0 atom stereocenters. The predicted octanol–water partition coefficient (Wildman–Crippen LogP) is 6.88. The van der Waals surface area contributed by atoms with E-state index in [-0.39, 0.29) is 28.6 Å². The maximum atomic E-state index is 12.9. The first-order valence-electron chi connectivity index (χ1n) is 10.5. The number of carbonyl (C=O) groups excluding carboxylic acids is 2. The molecule has 0 aliphatic heterocycles. The van der Waals surface area contributed by atoms with Crippen LogP contribution in [0.4, 0.5) is 24.5 Å². The lowest BCUT2D eigenvalue weighted by atomic mass is 10.1. The van der Waals surface area contributed by atoms with E-state index >= 15 is 0 Å². The molecule has 0 spiro atoms. The lowest BCUT2D eigenvalue weighted by Gasteiger charge is -2.10. The van der Waals surface area contributed by atoms with Crippen LogP contribution < -0.4 is 15.4 Å². The number of nitrogens with zero attached hydrogens (tertiary/aromatic N) is 1. The van der Waals surface area contributed by atoms with Crippen molar-refractivity contribution < 1.29 is 27.5 Å². The van der Waals surface area contributed by atoms with E-state index in [0.29, 0.717) is 16.3 Å². The van der Waals surface area contributed by atoms with Gasteiger partial charge in [-0.3, -0.25) is 9.59 Å². The molecule has 0 aliphatic carbocycles. The molecule has 0 saturated heterocycles. The molecule has 2 amide bonds. The van der Waals surface area contributed by atoms with Crippen LogP contribution >= 0.6 is 23.2 Å². The second kappa shape index (κ2) is 11.8. The van der Waals surface area contributed by atoms with E-state index in [1.165, 1.54) is 30.3 Å². The lowest BCUT2D eigenvalue weighted by Crippen LogP contribution is -2.20. The molecule has 3 aromatic rings. The summed E-state index contributed by atoms with van der Waals surface area (Å²) in [5, 5.41) is 14.9. The predicted molar refractivity (Wildman–Crippen MR) is 135 cm³/mol. The third-order valence-electron chi connectivity index (χ3n) is 4.89. The van der Waals surface area contributed by atoms with Crippen molar-refractivity contribution in [2.75, 3.05) is 17.2 Å². The fourth-order valence-electron chi connectivity index (χ4n) is 3.02. The average Bonchev–Trinajstić information content (AvgIpc) is 2.84. The summed E-state index contributed by atoms with van der Waals surface area (Å²) in [4.78, 5) is 24.6. The Kier molecular flexibility index (Phi) is 8.81. The number of rotatable bonds is 7. The number of hydrogen-bond acceptors (Lipinski definition) is 4. The molecule has 0 unspecified atom stereocenters. The molecule has 0 saturated carbocycles. The quantitative estimate of drug-likeness (QED) is 0.249. The van der Waals surface area contributed by atoms with Crippen molar-refractivity contribution >= 4 is 52.5 Å². The van der Waals surface area contributed by atoms with Crippen molar-refractivity contribution in [2.24, 2.45) is 0 Å². The van der Waals surface area contributed by atoms with Crippen LogP contribution in [0.5, 0.6) is 5.75 Å². The summed E-state index contributed by atoms with van der Waals surface area (Å²) in [6, 6.07) is 15.2. The Balaban J connectivity index is 1.65. The Bertz CT molecular complexity index is 1420. The highest BCUT2D eigenvalue weighted by atomic mass is 35.5. The fraction of sp³-hybridized carbons (Fsp3) is 0.115. The van der Waals surface area contributed by atoms with Gasteiger partial charge in [-0.2, -0.15) is 18.4 Å². The van der Waals surface area contributed by atoms with Crippen molar-refractivity contribution in [1.29, 1.82) is 5.26 Å². The second-order valence-corrected chi connectivity index (χ2v) is 8.51. The minimum atomic E-state index is -4.58. The zero-order valence-electron chi connectivity index (χ0n) is 19.1. The summed E-state index contributed by atoms with van der Waals surface area (Å²) < 4.78 is 44.1. The molecule has 37 heavy (non-hydrogen) atoms. The van der Waals surface area contributed by atoms with E-state index in [1.54, 1.807) is 24.3 Å². The first kappa shape index (κ1) is 27.6. The summed E-state index contributed by atoms with van der Waals surface area (Å²) in [6.07, 6.45) is -3.36. The van der Waals surface area contributed by atoms with Crippen LogP contribution in [0, 0.1) is 18.3 Å². The molecule has 0 radical (unpaired) electrons. The summed E-state index contributed by atoms with van der Waals surface area (Å²) in [7, 11) is 0. The van der Waals surface area contributed by atoms with Gasteiger partial charge in [0.05, 0.1) is 10.6 Å². The minimum Gasteiger partial charge on any atom is -0.482 e. The van der Waals surface area contributed by atoms with Crippen molar-refractivity contribution in [3.8, 4) is 11.8 Å². The summed E-state index contributed by atoms with van der Waals surface area (Å²) in [6.45, 7) is 1.49. The minimum absolute atomic E-state index is 0.107. The number of ether oxygens (including phenoxy) is 1. The van der Waals surface area contributed by atoms with Crippen LogP contribution in [0.3, 0.4) is 0 Å². The third kappa shape index (κ3) is 7.74. The molecular formula is C26H18Cl2F3N3O3. The summed E-state index contributed by atoms with van der Waals surface area (Å²) >= 11 is 12.3. The molecule has 0 aromatic heterocycles. The van der Waals surface area contributed by atoms with E-state index in [4.69, 9.17) is 27.9 Å². The van der Waals surface area contributed by atoms with Crippen molar-refractivity contribution in [3.05, 3.63) is 93.0 Å². The topological polar surface area (TPSA) is 91.2 Å². The van der Waals surface area contributed by atoms with Crippen molar-refractivity contribution in [1.82, 2.24) is 0 Å². The number of hydrogen-bond donors (Lipinski definition) is 2. The van der Waals surface area contributed by atoms with E-state index in [9.17, 15) is 28.0 Å². The van der Waals surface area contributed by atoms with Gasteiger partial charge < -0.3 is 15.4 Å². The zero-order chi connectivity index (χ0) is 27.2. The molecule has 6 nitrogen and oxygen atoms in total. The van der Waals surface area contributed by atoms with E-state index in [1.807, 2.05) is 6.92 Å². The maximum Gasteiger partial charge on any atom is 0.416 e. The Morgan fingerprint density at radius 3 is 2.38 bits per heavy atom. The first-order chi connectivity index (χ1) is 17.5. The highest BCUT2D eigenvalue weighted by Crippen LogP contribution is 2.31.